The summed E-state index contributed by atoms with van der Waals surface area (Å²) < 4.78 is 67.7. The number of benzene rings is 1. The van der Waals surface area contributed by atoms with Crippen molar-refractivity contribution >= 4 is 31.6 Å². The van der Waals surface area contributed by atoms with Gasteiger partial charge < -0.3 is 9.11 Å². The Kier molecular flexibility index (Phi) is 6.47. The zero-order valence-corrected chi connectivity index (χ0v) is 17.7. The Morgan fingerprint density at radius 3 is 2.21 bits per heavy atom. The number of nitrogens with zero attached hydrogens (tertiary/aromatic N) is 1. The summed E-state index contributed by atoms with van der Waals surface area (Å²) in [5.74, 6) is -0.459. The summed E-state index contributed by atoms with van der Waals surface area (Å²) in [6.07, 6.45) is 0.167. The Morgan fingerprint density at radius 2 is 1.71 bits per heavy atom. The second-order valence-corrected chi connectivity index (χ2v) is 9.01. The Morgan fingerprint density at radius 1 is 1.12 bits per heavy atom. The second kappa shape index (κ2) is 7.14. The van der Waals surface area contributed by atoms with Gasteiger partial charge >= 0.3 is 29.6 Å². The van der Waals surface area contributed by atoms with Crippen LogP contribution in [0.25, 0.3) is 0 Å². The molecule has 0 radical (unpaired) electrons. The minimum absolute atomic E-state index is 0. The fraction of sp³-hybridized carbons (Fsp3) is 0.500. The van der Waals surface area contributed by atoms with Gasteiger partial charge in [-0.25, -0.2) is 16.8 Å². The van der Waals surface area contributed by atoms with E-state index in [9.17, 15) is 25.9 Å². The molecule has 1 aromatic carbocycles. The zero-order chi connectivity index (χ0) is 17.6. The van der Waals surface area contributed by atoms with Crippen LogP contribution in [-0.4, -0.2) is 48.5 Å². The van der Waals surface area contributed by atoms with E-state index < -0.39 is 31.4 Å². The van der Waals surface area contributed by atoms with Crippen LogP contribution >= 0.6 is 0 Å². The van der Waals surface area contributed by atoms with Gasteiger partial charge in [0.2, 0.25) is 5.69 Å². The largest absolute Gasteiger partial charge is 1.00 e. The first kappa shape index (κ1) is 21.8. The Balaban J connectivity index is 0.00000288. The minimum Gasteiger partial charge on any atom is -0.748 e. The maximum atomic E-state index is 11.2. The Bertz CT molecular complexity index is 888. The van der Waals surface area contributed by atoms with Gasteiger partial charge in [0.05, 0.1) is 20.4 Å². The van der Waals surface area contributed by atoms with Crippen molar-refractivity contribution in [2.75, 3.05) is 12.3 Å². The molecule has 1 aliphatic heterocycles. The van der Waals surface area contributed by atoms with Crippen LogP contribution in [0.15, 0.2) is 23.1 Å². The van der Waals surface area contributed by atoms with Gasteiger partial charge in [-0.1, -0.05) is 0 Å². The summed E-state index contributed by atoms with van der Waals surface area (Å²) in [5.41, 5.74) is 1.82. The molecule has 2 rings (SSSR count). The molecule has 0 N–H and O–H groups in total. The number of fused-ring (bicyclic) bond motifs is 1. The molecule has 7 nitrogen and oxygen atoms in total. The molecule has 128 valence electrons. The van der Waals surface area contributed by atoms with Crippen molar-refractivity contribution < 1.29 is 60.1 Å². The van der Waals surface area contributed by atoms with Crippen molar-refractivity contribution in [1.82, 2.24) is 0 Å². The van der Waals surface area contributed by atoms with Crippen LogP contribution in [0.3, 0.4) is 0 Å². The van der Waals surface area contributed by atoms with E-state index in [4.69, 9.17) is 0 Å². The van der Waals surface area contributed by atoms with Crippen molar-refractivity contribution in [3.8, 4) is 0 Å². The number of hydrogen-bond acceptors (Lipinski definition) is 6. The van der Waals surface area contributed by atoms with Gasteiger partial charge in [-0.2, -0.15) is 4.58 Å². The van der Waals surface area contributed by atoms with Crippen molar-refractivity contribution in [1.29, 1.82) is 0 Å². The zero-order valence-electron chi connectivity index (χ0n) is 14.1. The number of hydrogen-bond donors (Lipinski definition) is 0. The van der Waals surface area contributed by atoms with E-state index in [0.717, 1.165) is 11.4 Å². The van der Waals surface area contributed by atoms with E-state index in [0.29, 0.717) is 12.1 Å². The number of rotatable bonds is 5. The quantitative estimate of drug-likeness (QED) is 0.327. The first-order valence-electron chi connectivity index (χ1n) is 6.99. The standard InChI is InChI=1S/C14H19NO6S2.Na/c1-10-14(2,3)12-9-11(23(19,20)21)5-6-13(12)15(10)7-4-8-22(16,17)18;/h5-6,9H,4,7-8H2,1-3H3,(H-,16,17,18,19,20,21);/q;+1/p-1. The van der Waals surface area contributed by atoms with Gasteiger partial charge in [-0.05, 0) is 26.0 Å². The summed E-state index contributed by atoms with van der Waals surface area (Å²) in [4.78, 5) is -0.291. The molecule has 0 saturated heterocycles. The van der Waals surface area contributed by atoms with Crippen LogP contribution in [0.1, 0.15) is 32.8 Å². The molecule has 1 aliphatic rings. The smallest absolute Gasteiger partial charge is 0.748 e. The first-order valence-corrected chi connectivity index (χ1v) is 9.98. The van der Waals surface area contributed by atoms with Gasteiger partial charge in [-0.3, -0.25) is 0 Å². The molecule has 1 aromatic rings. The molecule has 0 amide bonds. The predicted molar refractivity (Wildman–Crippen MR) is 82.1 cm³/mol. The van der Waals surface area contributed by atoms with Crippen LogP contribution in [0.4, 0.5) is 5.69 Å². The second-order valence-electron chi connectivity index (χ2n) is 6.11. The van der Waals surface area contributed by atoms with Gasteiger partial charge in [-0.15, -0.1) is 0 Å². The fourth-order valence-corrected chi connectivity index (χ4v) is 3.79. The molecule has 10 heteroatoms. The Labute approximate surface area is 164 Å². The van der Waals surface area contributed by atoms with Gasteiger partial charge in [0.25, 0.3) is 0 Å². The third-order valence-electron chi connectivity index (χ3n) is 4.31. The SMILES string of the molecule is CC1=[N+](CCCS(=O)(=O)[O-])c2ccc(S(=O)(=O)[O-])cc2C1(C)C.[Na+]. The van der Waals surface area contributed by atoms with E-state index >= 15 is 0 Å². The van der Waals surface area contributed by atoms with Gasteiger partial charge in [0.15, 0.2) is 5.71 Å². The topological polar surface area (TPSA) is 117 Å². The van der Waals surface area contributed by atoms with Crippen molar-refractivity contribution in [2.45, 2.75) is 37.5 Å². The van der Waals surface area contributed by atoms with Crippen LogP contribution in [0.2, 0.25) is 0 Å². The predicted octanol–water partition coefficient (Wildman–Crippen LogP) is -2.07. The van der Waals surface area contributed by atoms with Crippen LogP contribution < -0.4 is 29.6 Å². The molecule has 0 aliphatic carbocycles. The summed E-state index contributed by atoms with van der Waals surface area (Å²) in [6, 6.07) is 4.16. The van der Waals surface area contributed by atoms with Crippen molar-refractivity contribution in [3.05, 3.63) is 23.8 Å². The van der Waals surface area contributed by atoms with E-state index in [2.05, 4.69) is 0 Å². The molecule has 0 aromatic heterocycles. The molecule has 0 unspecified atom stereocenters. The average Bonchev–Trinajstić information content (AvgIpc) is 2.57. The van der Waals surface area contributed by atoms with Crippen molar-refractivity contribution in [2.24, 2.45) is 0 Å². The average molecular weight is 383 g/mol. The minimum atomic E-state index is -4.54. The summed E-state index contributed by atoms with van der Waals surface area (Å²) >= 11 is 0. The molecule has 0 atom stereocenters. The van der Waals surface area contributed by atoms with Gasteiger partial charge in [0.1, 0.15) is 16.7 Å². The maximum Gasteiger partial charge on any atom is 1.00 e. The molecule has 0 bridgehead atoms. The molecular weight excluding hydrogens is 365 g/mol. The van der Waals surface area contributed by atoms with E-state index in [1.165, 1.54) is 12.1 Å². The fourth-order valence-electron chi connectivity index (χ4n) is 2.81. The molecule has 24 heavy (non-hydrogen) atoms. The van der Waals surface area contributed by atoms with Gasteiger partial charge in [0, 0.05) is 30.7 Å². The van der Waals surface area contributed by atoms with Crippen molar-refractivity contribution in [3.63, 3.8) is 0 Å². The van der Waals surface area contributed by atoms with E-state index in [-0.39, 0.29) is 40.9 Å². The Hall–Kier alpha value is -0.290. The summed E-state index contributed by atoms with van der Waals surface area (Å²) in [6.45, 7) is 5.98. The van der Waals surface area contributed by atoms with Crippen LogP contribution in [0, 0.1) is 0 Å². The molecule has 0 fully saturated rings. The monoisotopic (exact) mass is 383 g/mol. The molecule has 0 spiro atoms. The third kappa shape index (κ3) is 4.46. The first-order chi connectivity index (χ1) is 10.3. The van der Waals surface area contributed by atoms with Crippen LogP contribution in [0.5, 0.6) is 0 Å². The van der Waals surface area contributed by atoms with E-state index in [1.54, 1.807) is 6.07 Å². The normalized spacial score (nSPS) is 16.7. The third-order valence-corrected chi connectivity index (χ3v) is 5.93. The molecule has 1 heterocycles. The summed E-state index contributed by atoms with van der Waals surface area (Å²) in [5, 5.41) is 0. The molecule has 0 saturated carbocycles. The summed E-state index contributed by atoms with van der Waals surface area (Å²) in [7, 11) is -8.82. The van der Waals surface area contributed by atoms with Crippen LogP contribution in [-0.2, 0) is 25.7 Å². The maximum absolute atomic E-state index is 11.2. The molecular formula is C14H18NNaO6S2. The van der Waals surface area contributed by atoms with E-state index in [1.807, 2.05) is 25.3 Å².